The molecule has 0 aliphatic carbocycles. The van der Waals surface area contributed by atoms with E-state index in [2.05, 4.69) is 22.5 Å². The molecule has 0 N–H and O–H groups in total. The summed E-state index contributed by atoms with van der Waals surface area (Å²) < 4.78 is 2.43. The summed E-state index contributed by atoms with van der Waals surface area (Å²) in [4.78, 5) is 2.39. The lowest BCUT2D eigenvalue weighted by molar-refractivity contribution is 0.399. The Balaban J connectivity index is 2.00. The van der Waals surface area contributed by atoms with Crippen molar-refractivity contribution in [1.82, 2.24) is 9.21 Å². The first-order chi connectivity index (χ1) is 5.29. The minimum absolute atomic E-state index is 1.20. The van der Waals surface area contributed by atoms with E-state index in [0.717, 1.165) is 0 Å². The lowest BCUT2D eigenvalue weighted by Gasteiger charge is -2.16. The molecule has 2 heterocycles. The van der Waals surface area contributed by atoms with Crippen molar-refractivity contribution in [1.29, 1.82) is 0 Å². The van der Waals surface area contributed by atoms with E-state index in [9.17, 15) is 0 Å². The summed E-state index contributed by atoms with van der Waals surface area (Å²) in [5.41, 5.74) is 3.34. The molecule has 2 aliphatic heterocycles. The molecule has 62 valence electrons. The third-order valence-corrected chi connectivity index (χ3v) is 3.19. The second-order valence-electron chi connectivity index (χ2n) is 3.36. The number of rotatable bonds is 1. The van der Waals surface area contributed by atoms with Gasteiger partial charge in [0.25, 0.3) is 0 Å². The van der Waals surface area contributed by atoms with E-state index in [0.29, 0.717) is 0 Å². The first-order valence-electron chi connectivity index (χ1n) is 3.97. The Hall–Kier alpha value is 0.01000. The van der Waals surface area contributed by atoms with Gasteiger partial charge in [-0.1, -0.05) is 11.9 Å². The smallest absolute Gasteiger partial charge is 0.0319 e. The Labute approximate surface area is 72.4 Å². The van der Waals surface area contributed by atoms with Crippen molar-refractivity contribution in [3.05, 3.63) is 11.1 Å². The summed E-state index contributed by atoms with van der Waals surface area (Å²) in [5.74, 6) is 0. The van der Waals surface area contributed by atoms with Crippen LogP contribution in [0.5, 0.6) is 0 Å². The predicted octanol–water partition coefficient (Wildman–Crippen LogP) is 0.822. The van der Waals surface area contributed by atoms with Gasteiger partial charge >= 0.3 is 0 Å². The Morgan fingerprint density at radius 1 is 1.09 bits per heavy atom. The molecule has 2 aliphatic rings. The quantitative estimate of drug-likeness (QED) is 0.425. The monoisotopic (exact) mass is 170 g/mol. The molecule has 0 aromatic heterocycles. The van der Waals surface area contributed by atoms with Crippen molar-refractivity contribution >= 4 is 11.9 Å². The Morgan fingerprint density at radius 2 is 1.64 bits per heavy atom. The van der Waals surface area contributed by atoms with Gasteiger partial charge in [0.05, 0.1) is 0 Å². The second kappa shape index (κ2) is 2.81. The maximum absolute atomic E-state index is 2.43. The summed E-state index contributed by atoms with van der Waals surface area (Å²) in [6.45, 7) is 4.79. The van der Waals surface area contributed by atoms with Crippen LogP contribution >= 0.6 is 11.9 Å². The molecule has 0 fully saturated rings. The fraction of sp³-hybridized carbons (Fsp3) is 0.750. The van der Waals surface area contributed by atoms with E-state index in [-0.39, 0.29) is 0 Å². The minimum Gasteiger partial charge on any atom is -0.298 e. The van der Waals surface area contributed by atoms with E-state index >= 15 is 0 Å². The number of hydrogen-bond donors (Lipinski definition) is 0. The van der Waals surface area contributed by atoms with Gasteiger partial charge in [0.15, 0.2) is 0 Å². The van der Waals surface area contributed by atoms with Crippen LogP contribution in [0.25, 0.3) is 0 Å². The predicted molar refractivity (Wildman–Crippen MR) is 49.6 cm³/mol. The molecule has 0 atom stereocenters. The van der Waals surface area contributed by atoms with E-state index in [1.807, 2.05) is 11.9 Å². The van der Waals surface area contributed by atoms with Crippen molar-refractivity contribution in [2.75, 3.05) is 39.5 Å². The Morgan fingerprint density at radius 3 is 2.09 bits per heavy atom. The summed E-state index contributed by atoms with van der Waals surface area (Å²) >= 11 is 1.86. The van der Waals surface area contributed by atoms with Gasteiger partial charge in [0, 0.05) is 26.2 Å². The fourth-order valence-corrected chi connectivity index (χ4v) is 2.44. The van der Waals surface area contributed by atoms with E-state index in [1.165, 1.54) is 26.2 Å². The zero-order chi connectivity index (χ0) is 7.84. The first-order valence-corrected chi connectivity index (χ1v) is 5.15. The molecule has 0 saturated heterocycles. The second-order valence-corrected chi connectivity index (χ2v) is 4.24. The number of likely N-dealkylation sites (N-methyl/N-ethyl adjacent to an activating group) is 1. The van der Waals surface area contributed by atoms with Crippen LogP contribution in [0.3, 0.4) is 0 Å². The molecule has 11 heavy (non-hydrogen) atoms. The SMILES string of the molecule is CSN1CC2=C(CN(C)C2)C1. The molecule has 2 nitrogen and oxygen atoms in total. The van der Waals surface area contributed by atoms with Gasteiger partial charge < -0.3 is 0 Å². The van der Waals surface area contributed by atoms with E-state index in [1.54, 1.807) is 11.1 Å². The molecule has 0 radical (unpaired) electrons. The van der Waals surface area contributed by atoms with Crippen molar-refractivity contribution in [2.45, 2.75) is 0 Å². The molecule has 2 rings (SSSR count). The van der Waals surface area contributed by atoms with Gasteiger partial charge in [-0.15, -0.1) is 0 Å². The van der Waals surface area contributed by atoms with Gasteiger partial charge in [-0.2, -0.15) is 0 Å². The minimum atomic E-state index is 1.20. The van der Waals surface area contributed by atoms with Crippen molar-refractivity contribution in [3.8, 4) is 0 Å². The van der Waals surface area contributed by atoms with Gasteiger partial charge in [0.1, 0.15) is 0 Å². The fourth-order valence-electron chi connectivity index (χ4n) is 1.87. The van der Waals surface area contributed by atoms with Crippen LogP contribution in [0.4, 0.5) is 0 Å². The normalized spacial score (nSPS) is 26.7. The summed E-state index contributed by atoms with van der Waals surface area (Å²) in [5, 5.41) is 0. The zero-order valence-corrected chi connectivity index (χ0v) is 7.95. The van der Waals surface area contributed by atoms with E-state index in [4.69, 9.17) is 0 Å². The highest BCUT2D eigenvalue weighted by molar-refractivity contribution is 7.96. The summed E-state index contributed by atoms with van der Waals surface area (Å²) in [6, 6.07) is 0. The molecule has 0 bridgehead atoms. The van der Waals surface area contributed by atoms with Crippen LogP contribution in [-0.4, -0.2) is 48.7 Å². The molecular weight excluding hydrogens is 156 g/mol. The Kier molecular flexibility index (Phi) is 1.95. The molecule has 0 unspecified atom stereocenters. The van der Waals surface area contributed by atoms with Crippen molar-refractivity contribution < 1.29 is 0 Å². The largest absolute Gasteiger partial charge is 0.298 e. The Bertz CT molecular complexity index is 182. The van der Waals surface area contributed by atoms with E-state index < -0.39 is 0 Å². The van der Waals surface area contributed by atoms with Crippen LogP contribution in [0.15, 0.2) is 11.1 Å². The maximum atomic E-state index is 2.43. The summed E-state index contributed by atoms with van der Waals surface area (Å²) in [6.07, 6.45) is 2.16. The third kappa shape index (κ3) is 1.33. The highest BCUT2D eigenvalue weighted by Crippen LogP contribution is 2.27. The highest BCUT2D eigenvalue weighted by atomic mass is 32.2. The van der Waals surface area contributed by atoms with Gasteiger partial charge in [-0.05, 0) is 24.4 Å². The van der Waals surface area contributed by atoms with Gasteiger partial charge in [-0.25, -0.2) is 4.31 Å². The van der Waals surface area contributed by atoms with Gasteiger partial charge in [0.2, 0.25) is 0 Å². The molecule has 0 aromatic rings. The number of hydrogen-bond acceptors (Lipinski definition) is 3. The highest BCUT2D eigenvalue weighted by Gasteiger charge is 2.27. The van der Waals surface area contributed by atoms with Gasteiger partial charge in [-0.3, -0.25) is 4.90 Å². The topological polar surface area (TPSA) is 6.48 Å². The average molecular weight is 170 g/mol. The third-order valence-electron chi connectivity index (χ3n) is 2.41. The van der Waals surface area contributed by atoms with Crippen molar-refractivity contribution in [2.24, 2.45) is 0 Å². The molecule has 0 saturated carbocycles. The molecule has 3 heteroatoms. The zero-order valence-electron chi connectivity index (χ0n) is 7.13. The summed E-state index contributed by atoms with van der Waals surface area (Å²) in [7, 11) is 2.20. The molecule has 0 aromatic carbocycles. The molecular formula is C8H14N2S. The van der Waals surface area contributed by atoms with Crippen LogP contribution in [0.1, 0.15) is 0 Å². The lowest BCUT2D eigenvalue weighted by Crippen LogP contribution is -2.23. The number of nitrogens with zero attached hydrogens (tertiary/aromatic N) is 2. The van der Waals surface area contributed by atoms with Crippen LogP contribution in [0, 0.1) is 0 Å². The molecule has 0 spiro atoms. The first kappa shape index (κ1) is 7.65. The average Bonchev–Trinajstić information content (AvgIpc) is 2.43. The van der Waals surface area contributed by atoms with Crippen LogP contribution in [-0.2, 0) is 0 Å². The maximum Gasteiger partial charge on any atom is 0.0319 e. The lowest BCUT2D eigenvalue weighted by atomic mass is 10.2. The molecule has 0 amide bonds. The van der Waals surface area contributed by atoms with Crippen molar-refractivity contribution in [3.63, 3.8) is 0 Å². The standard InChI is InChI=1S/C8H14N2S/c1-9-3-7-5-10(11-2)6-8(7)4-9/h3-6H2,1-2H3. The van der Waals surface area contributed by atoms with Crippen LogP contribution < -0.4 is 0 Å². The van der Waals surface area contributed by atoms with Crippen LogP contribution in [0.2, 0.25) is 0 Å².